The zero-order valence-electron chi connectivity index (χ0n) is 16.8. The van der Waals surface area contributed by atoms with E-state index in [0.29, 0.717) is 41.6 Å². The Balaban J connectivity index is 1.57. The van der Waals surface area contributed by atoms with Crippen LogP contribution < -0.4 is 14.8 Å². The van der Waals surface area contributed by atoms with Crippen LogP contribution in [0.5, 0.6) is 11.5 Å². The molecule has 31 heavy (non-hydrogen) atoms. The van der Waals surface area contributed by atoms with Crippen LogP contribution in [0.2, 0.25) is 0 Å². The van der Waals surface area contributed by atoms with Crippen molar-refractivity contribution in [1.82, 2.24) is 10.1 Å². The fraction of sp³-hybridized carbons (Fsp3) is 0.286. The molecule has 3 rings (SSSR count). The molecule has 0 bridgehead atoms. The Hall–Kier alpha value is -3.56. The Morgan fingerprint density at radius 2 is 1.84 bits per heavy atom. The fourth-order valence-electron chi connectivity index (χ4n) is 2.90. The van der Waals surface area contributed by atoms with E-state index in [1.807, 2.05) is 0 Å². The van der Waals surface area contributed by atoms with Gasteiger partial charge in [-0.25, -0.2) is 0 Å². The smallest absolute Gasteiger partial charge is 0.418 e. The molecule has 1 aromatic heterocycles. The van der Waals surface area contributed by atoms with E-state index in [-0.39, 0.29) is 12.1 Å². The monoisotopic (exact) mass is 435 g/mol. The number of benzene rings is 2. The third-order valence-corrected chi connectivity index (χ3v) is 4.41. The highest BCUT2D eigenvalue weighted by molar-refractivity contribution is 5.91. The number of nitrogens with one attached hydrogen (secondary N) is 1. The van der Waals surface area contributed by atoms with Crippen LogP contribution in [0.1, 0.15) is 24.3 Å². The predicted molar refractivity (Wildman–Crippen MR) is 106 cm³/mol. The van der Waals surface area contributed by atoms with E-state index < -0.39 is 17.6 Å². The second-order valence-electron chi connectivity index (χ2n) is 6.53. The summed E-state index contributed by atoms with van der Waals surface area (Å²) in [5, 5.41) is 6.22. The van der Waals surface area contributed by atoms with E-state index in [1.54, 1.807) is 18.2 Å². The van der Waals surface area contributed by atoms with E-state index in [0.717, 1.165) is 6.07 Å². The predicted octanol–water partition coefficient (Wildman–Crippen LogP) is 4.73. The molecule has 0 spiro atoms. The van der Waals surface area contributed by atoms with Gasteiger partial charge in [0.1, 0.15) is 0 Å². The number of hydrogen-bond donors (Lipinski definition) is 1. The molecule has 1 heterocycles. The minimum atomic E-state index is -4.55. The first kappa shape index (κ1) is 22.1. The Kier molecular flexibility index (Phi) is 6.78. The summed E-state index contributed by atoms with van der Waals surface area (Å²) < 4.78 is 54.7. The van der Waals surface area contributed by atoms with Gasteiger partial charge in [-0.15, -0.1) is 0 Å². The average molecular weight is 435 g/mol. The molecule has 7 nitrogen and oxygen atoms in total. The number of anilines is 1. The maximum absolute atomic E-state index is 13.0. The quantitative estimate of drug-likeness (QED) is 0.550. The number of carbonyl (C=O) groups excluding carboxylic acids is 1. The maximum atomic E-state index is 13.0. The Bertz CT molecular complexity index is 1050. The molecular formula is C21H20F3N3O4. The van der Waals surface area contributed by atoms with Gasteiger partial charge in [0.2, 0.25) is 17.6 Å². The number of nitrogens with zero attached hydrogens (tertiary/aromatic N) is 2. The summed E-state index contributed by atoms with van der Waals surface area (Å²) in [6.07, 6.45) is -3.92. The van der Waals surface area contributed by atoms with Gasteiger partial charge in [-0.2, -0.15) is 18.2 Å². The number of aryl methyl sites for hydroxylation is 1. The van der Waals surface area contributed by atoms with Gasteiger partial charge in [-0.3, -0.25) is 4.79 Å². The molecule has 0 unspecified atom stereocenters. The first-order valence-corrected chi connectivity index (χ1v) is 9.33. The van der Waals surface area contributed by atoms with Crippen molar-refractivity contribution in [3.05, 3.63) is 53.9 Å². The lowest BCUT2D eigenvalue weighted by molar-refractivity contribution is -0.137. The first-order chi connectivity index (χ1) is 14.8. The third-order valence-electron chi connectivity index (χ3n) is 4.41. The zero-order valence-corrected chi connectivity index (χ0v) is 16.8. The van der Waals surface area contributed by atoms with Gasteiger partial charge in [0.15, 0.2) is 11.5 Å². The maximum Gasteiger partial charge on any atom is 0.418 e. The SMILES string of the molecule is COc1ccc(-c2noc(CCCC(=O)Nc3ccccc3C(F)(F)F)n2)cc1OC. The number of rotatable bonds is 8. The molecule has 2 aromatic carbocycles. The Morgan fingerprint density at radius 1 is 1.10 bits per heavy atom. The molecule has 0 saturated carbocycles. The largest absolute Gasteiger partial charge is 0.493 e. The fourth-order valence-corrected chi connectivity index (χ4v) is 2.90. The molecule has 0 aliphatic carbocycles. The molecule has 0 fully saturated rings. The number of alkyl halides is 3. The number of methoxy groups -OCH3 is 2. The van der Waals surface area contributed by atoms with Gasteiger partial charge in [-0.05, 0) is 36.8 Å². The molecule has 0 atom stereocenters. The van der Waals surface area contributed by atoms with Crippen molar-refractivity contribution in [3.63, 3.8) is 0 Å². The third kappa shape index (κ3) is 5.53. The highest BCUT2D eigenvalue weighted by Gasteiger charge is 2.33. The van der Waals surface area contributed by atoms with E-state index in [9.17, 15) is 18.0 Å². The number of amides is 1. The second-order valence-corrected chi connectivity index (χ2v) is 6.53. The van der Waals surface area contributed by atoms with Gasteiger partial charge in [0.25, 0.3) is 0 Å². The van der Waals surface area contributed by atoms with Crippen LogP contribution in [0.3, 0.4) is 0 Å². The van der Waals surface area contributed by atoms with Gasteiger partial charge in [0, 0.05) is 18.4 Å². The topological polar surface area (TPSA) is 86.5 Å². The van der Waals surface area contributed by atoms with Crippen LogP contribution in [0.15, 0.2) is 47.0 Å². The number of ether oxygens (including phenoxy) is 2. The summed E-state index contributed by atoms with van der Waals surface area (Å²) in [5.74, 6) is 1.21. The van der Waals surface area contributed by atoms with Crippen molar-refractivity contribution in [2.75, 3.05) is 19.5 Å². The number of hydrogen-bond acceptors (Lipinski definition) is 6. The van der Waals surface area contributed by atoms with Gasteiger partial charge in [0.05, 0.1) is 25.5 Å². The van der Waals surface area contributed by atoms with E-state index in [4.69, 9.17) is 14.0 Å². The molecule has 164 valence electrons. The van der Waals surface area contributed by atoms with Crippen LogP contribution in [0.25, 0.3) is 11.4 Å². The van der Waals surface area contributed by atoms with Crippen molar-refractivity contribution in [3.8, 4) is 22.9 Å². The summed E-state index contributed by atoms with van der Waals surface area (Å²) >= 11 is 0. The minimum Gasteiger partial charge on any atom is -0.493 e. The molecule has 1 N–H and O–H groups in total. The van der Waals surface area contributed by atoms with Crippen LogP contribution in [-0.2, 0) is 17.4 Å². The molecule has 0 aliphatic heterocycles. The molecule has 0 radical (unpaired) electrons. The van der Waals surface area contributed by atoms with Gasteiger partial charge in [-0.1, -0.05) is 17.3 Å². The number of aromatic nitrogens is 2. The summed E-state index contributed by atoms with van der Waals surface area (Å²) in [7, 11) is 3.04. The van der Waals surface area contributed by atoms with Crippen LogP contribution in [-0.4, -0.2) is 30.3 Å². The lowest BCUT2D eigenvalue weighted by Crippen LogP contribution is -2.16. The molecule has 0 saturated heterocycles. The minimum absolute atomic E-state index is 0.000261. The highest BCUT2D eigenvalue weighted by Crippen LogP contribution is 2.34. The summed E-state index contributed by atoms with van der Waals surface area (Å²) in [4.78, 5) is 16.4. The highest BCUT2D eigenvalue weighted by atomic mass is 19.4. The number of halogens is 3. The normalized spacial score (nSPS) is 11.3. The van der Waals surface area contributed by atoms with Crippen molar-refractivity contribution in [2.45, 2.75) is 25.4 Å². The van der Waals surface area contributed by atoms with Crippen molar-refractivity contribution < 1.29 is 32.0 Å². The number of para-hydroxylation sites is 1. The molecule has 10 heteroatoms. The standard InChI is InChI=1S/C21H20F3N3O4/c1-29-16-11-10-13(12-17(16)30-2)20-26-19(31-27-20)9-5-8-18(28)25-15-7-4-3-6-14(15)21(22,23)24/h3-4,6-7,10-12H,5,8-9H2,1-2H3,(H,25,28). The van der Waals surface area contributed by atoms with E-state index in [2.05, 4.69) is 15.5 Å². The van der Waals surface area contributed by atoms with E-state index in [1.165, 1.54) is 32.4 Å². The average Bonchev–Trinajstić information content (AvgIpc) is 3.21. The van der Waals surface area contributed by atoms with Crippen LogP contribution in [0, 0.1) is 0 Å². The zero-order chi connectivity index (χ0) is 22.4. The summed E-state index contributed by atoms with van der Waals surface area (Å²) in [6, 6.07) is 10.0. The second kappa shape index (κ2) is 9.50. The van der Waals surface area contributed by atoms with E-state index >= 15 is 0 Å². The van der Waals surface area contributed by atoms with Crippen LogP contribution >= 0.6 is 0 Å². The summed E-state index contributed by atoms with van der Waals surface area (Å²) in [5.41, 5.74) is -0.498. The first-order valence-electron chi connectivity index (χ1n) is 9.33. The van der Waals surface area contributed by atoms with Crippen molar-refractivity contribution in [2.24, 2.45) is 0 Å². The molecule has 0 aliphatic rings. The molecular weight excluding hydrogens is 415 g/mol. The van der Waals surface area contributed by atoms with Gasteiger partial charge >= 0.3 is 6.18 Å². The van der Waals surface area contributed by atoms with Crippen molar-refractivity contribution in [1.29, 1.82) is 0 Å². The van der Waals surface area contributed by atoms with Gasteiger partial charge < -0.3 is 19.3 Å². The van der Waals surface area contributed by atoms with Crippen molar-refractivity contribution >= 4 is 11.6 Å². The van der Waals surface area contributed by atoms with Crippen LogP contribution in [0.4, 0.5) is 18.9 Å². The Morgan fingerprint density at radius 3 is 2.55 bits per heavy atom. The Labute approximate surface area is 176 Å². The molecule has 3 aromatic rings. The molecule has 1 amide bonds. The lowest BCUT2D eigenvalue weighted by atomic mass is 10.1. The summed E-state index contributed by atoms with van der Waals surface area (Å²) in [6.45, 7) is 0. The lowest BCUT2D eigenvalue weighted by Gasteiger charge is -2.13. The number of carbonyl (C=O) groups is 1.